The second-order valence-electron chi connectivity index (χ2n) is 8.65. The van der Waals surface area contributed by atoms with E-state index < -0.39 is 0 Å². The zero-order chi connectivity index (χ0) is 20.8. The highest BCUT2D eigenvalue weighted by Gasteiger charge is 2.14. The number of H-pyrrole nitrogens is 1. The Labute approximate surface area is 187 Å². The maximum absolute atomic E-state index is 3.64. The number of aromatic nitrogens is 1. The molecule has 32 heavy (non-hydrogen) atoms. The maximum Gasteiger partial charge on any atom is 0.0471 e. The van der Waals surface area contributed by atoms with Crippen LogP contribution in [0.5, 0.6) is 0 Å². The monoisotopic (exact) mass is 423 g/mol. The third-order valence-corrected chi connectivity index (χ3v) is 8.09. The van der Waals surface area contributed by atoms with Gasteiger partial charge in [-0.2, -0.15) is 0 Å². The Morgan fingerprint density at radius 2 is 0.969 bits per heavy atom. The van der Waals surface area contributed by atoms with Crippen LogP contribution in [-0.4, -0.2) is 4.98 Å². The van der Waals surface area contributed by atoms with Gasteiger partial charge in [0.05, 0.1) is 0 Å². The van der Waals surface area contributed by atoms with Gasteiger partial charge in [-0.15, -0.1) is 11.3 Å². The van der Waals surface area contributed by atoms with Gasteiger partial charge < -0.3 is 4.98 Å². The van der Waals surface area contributed by atoms with Gasteiger partial charge in [-0.25, -0.2) is 0 Å². The number of aromatic amines is 1. The largest absolute Gasteiger partial charge is 0.354 e. The van der Waals surface area contributed by atoms with Crippen molar-refractivity contribution in [2.45, 2.75) is 0 Å². The lowest BCUT2D eigenvalue weighted by atomic mass is 9.92. The van der Waals surface area contributed by atoms with E-state index >= 15 is 0 Å². The average molecular weight is 424 g/mol. The summed E-state index contributed by atoms with van der Waals surface area (Å²) in [5, 5.41) is 13.2. The van der Waals surface area contributed by atoms with E-state index in [0.717, 1.165) is 0 Å². The molecule has 0 aliphatic heterocycles. The highest BCUT2D eigenvalue weighted by Crippen LogP contribution is 2.43. The Morgan fingerprint density at radius 3 is 1.78 bits per heavy atom. The standard InChI is InChI=1S/C30H17NS/c1-2-8-18-17(7-1)21-13-25-19-9-3-5-11-27(19)31-28(25)15-23(21)24-16-30-26(14-22(18)24)20-10-4-6-12-29(20)32-30/h1-16,31H. The fraction of sp³-hybridized carbons (Fsp3) is 0. The van der Waals surface area contributed by atoms with Crippen LogP contribution in [0.1, 0.15) is 0 Å². The van der Waals surface area contributed by atoms with E-state index in [9.17, 15) is 0 Å². The molecule has 0 aliphatic rings. The number of hydrogen-bond acceptors (Lipinski definition) is 1. The fourth-order valence-electron chi connectivity index (χ4n) is 5.51. The van der Waals surface area contributed by atoms with Crippen molar-refractivity contribution in [1.29, 1.82) is 0 Å². The van der Waals surface area contributed by atoms with Gasteiger partial charge in [-0.1, -0.05) is 60.7 Å². The minimum Gasteiger partial charge on any atom is -0.354 e. The van der Waals surface area contributed by atoms with Crippen LogP contribution in [0.2, 0.25) is 0 Å². The molecule has 0 aliphatic carbocycles. The number of nitrogens with one attached hydrogen (secondary N) is 1. The van der Waals surface area contributed by atoms with Crippen molar-refractivity contribution in [2.75, 3.05) is 0 Å². The number of benzene rings is 6. The lowest BCUT2D eigenvalue weighted by molar-refractivity contribution is 1.56. The van der Waals surface area contributed by atoms with Gasteiger partial charge in [0.1, 0.15) is 0 Å². The van der Waals surface area contributed by atoms with Gasteiger partial charge in [0.15, 0.2) is 0 Å². The average Bonchev–Trinajstić information content (AvgIpc) is 3.39. The number of fused-ring (bicyclic) bond motifs is 12. The Kier molecular flexibility index (Phi) is 3.08. The number of thiophene rings is 1. The summed E-state index contributed by atoms with van der Waals surface area (Å²) in [6, 6.07) is 35.8. The van der Waals surface area contributed by atoms with Gasteiger partial charge in [0.25, 0.3) is 0 Å². The van der Waals surface area contributed by atoms with Crippen molar-refractivity contribution in [3.63, 3.8) is 0 Å². The van der Waals surface area contributed by atoms with Crippen LogP contribution in [0.15, 0.2) is 97.1 Å². The molecule has 0 saturated heterocycles. The minimum atomic E-state index is 1.19. The van der Waals surface area contributed by atoms with Gasteiger partial charge in [-0.3, -0.25) is 0 Å². The first-order chi connectivity index (χ1) is 15.8. The number of rotatable bonds is 0. The van der Waals surface area contributed by atoms with E-state index in [-0.39, 0.29) is 0 Å². The van der Waals surface area contributed by atoms with Gasteiger partial charge in [0, 0.05) is 42.0 Å². The SMILES string of the molecule is c1ccc2c(c1)[nH]c1cc3c4cc5sc6ccccc6c5cc4c4ccccc4c3cc12. The predicted octanol–water partition coefficient (Wildman–Crippen LogP) is 9.15. The molecule has 148 valence electrons. The van der Waals surface area contributed by atoms with Gasteiger partial charge in [0.2, 0.25) is 0 Å². The molecule has 0 spiro atoms. The van der Waals surface area contributed by atoms with Crippen LogP contribution < -0.4 is 0 Å². The van der Waals surface area contributed by atoms with E-state index in [4.69, 9.17) is 0 Å². The summed E-state index contributed by atoms with van der Waals surface area (Å²) in [6.07, 6.45) is 0. The summed E-state index contributed by atoms with van der Waals surface area (Å²) in [7, 11) is 0. The summed E-state index contributed by atoms with van der Waals surface area (Å²) in [6.45, 7) is 0. The molecule has 1 nitrogen and oxygen atoms in total. The summed E-state index contributed by atoms with van der Waals surface area (Å²) in [5.74, 6) is 0. The third-order valence-electron chi connectivity index (χ3n) is 6.96. The number of para-hydroxylation sites is 1. The van der Waals surface area contributed by atoms with Crippen molar-refractivity contribution < 1.29 is 0 Å². The topological polar surface area (TPSA) is 15.8 Å². The van der Waals surface area contributed by atoms with E-state index in [0.29, 0.717) is 0 Å². The van der Waals surface area contributed by atoms with E-state index in [1.807, 2.05) is 11.3 Å². The van der Waals surface area contributed by atoms with Crippen molar-refractivity contribution in [2.24, 2.45) is 0 Å². The Bertz CT molecular complexity index is 1890. The van der Waals surface area contributed by atoms with Crippen LogP contribution in [0.3, 0.4) is 0 Å². The molecular formula is C30H17NS. The first kappa shape index (κ1) is 16.8. The highest BCUT2D eigenvalue weighted by molar-refractivity contribution is 7.25. The molecule has 0 fully saturated rings. The van der Waals surface area contributed by atoms with Crippen LogP contribution >= 0.6 is 11.3 Å². The molecule has 0 radical (unpaired) electrons. The third kappa shape index (κ3) is 2.08. The zero-order valence-electron chi connectivity index (χ0n) is 17.1. The molecule has 2 heterocycles. The van der Waals surface area contributed by atoms with Crippen molar-refractivity contribution in [3.05, 3.63) is 97.1 Å². The minimum absolute atomic E-state index is 1.19. The Balaban J connectivity index is 1.66. The summed E-state index contributed by atoms with van der Waals surface area (Å²) in [5.41, 5.74) is 2.39. The van der Waals surface area contributed by atoms with Gasteiger partial charge in [-0.05, 0) is 68.7 Å². The molecule has 0 atom stereocenters. The Hall–Kier alpha value is -3.88. The van der Waals surface area contributed by atoms with E-state index in [2.05, 4.69) is 102 Å². The molecular weight excluding hydrogens is 406 g/mol. The lowest BCUT2D eigenvalue weighted by Gasteiger charge is -2.11. The summed E-state index contributed by atoms with van der Waals surface area (Å²) < 4.78 is 2.71. The molecule has 0 amide bonds. The summed E-state index contributed by atoms with van der Waals surface area (Å²) >= 11 is 1.89. The predicted molar refractivity (Wildman–Crippen MR) is 141 cm³/mol. The molecule has 0 bridgehead atoms. The molecule has 1 N–H and O–H groups in total. The van der Waals surface area contributed by atoms with Crippen LogP contribution in [0.25, 0.3) is 74.3 Å². The van der Waals surface area contributed by atoms with E-state index in [1.165, 1.54) is 74.3 Å². The summed E-state index contributed by atoms with van der Waals surface area (Å²) in [4.78, 5) is 3.64. The van der Waals surface area contributed by atoms with Crippen LogP contribution in [0.4, 0.5) is 0 Å². The smallest absolute Gasteiger partial charge is 0.0471 e. The highest BCUT2D eigenvalue weighted by atomic mass is 32.1. The normalized spacial score (nSPS) is 12.4. The molecule has 2 heteroatoms. The first-order valence-electron chi connectivity index (χ1n) is 10.9. The zero-order valence-corrected chi connectivity index (χ0v) is 18.0. The van der Waals surface area contributed by atoms with E-state index in [1.54, 1.807) is 0 Å². The van der Waals surface area contributed by atoms with Crippen LogP contribution in [0, 0.1) is 0 Å². The maximum atomic E-state index is 3.64. The molecule has 8 rings (SSSR count). The quantitative estimate of drug-likeness (QED) is 0.234. The molecule has 0 saturated carbocycles. The second-order valence-corrected chi connectivity index (χ2v) is 9.74. The van der Waals surface area contributed by atoms with Crippen LogP contribution in [-0.2, 0) is 0 Å². The second kappa shape index (κ2) is 5.87. The molecule has 8 aromatic rings. The van der Waals surface area contributed by atoms with Gasteiger partial charge >= 0.3 is 0 Å². The fourth-order valence-corrected chi connectivity index (χ4v) is 6.64. The van der Waals surface area contributed by atoms with Crippen molar-refractivity contribution in [1.82, 2.24) is 4.98 Å². The van der Waals surface area contributed by atoms with Crippen molar-refractivity contribution >= 4 is 85.6 Å². The first-order valence-corrected chi connectivity index (χ1v) is 11.8. The number of hydrogen-bond donors (Lipinski definition) is 1. The molecule has 0 unspecified atom stereocenters. The lowest BCUT2D eigenvalue weighted by Crippen LogP contribution is -1.84. The Morgan fingerprint density at radius 1 is 0.375 bits per heavy atom. The van der Waals surface area contributed by atoms with Crippen molar-refractivity contribution in [3.8, 4) is 0 Å². The molecule has 2 aromatic heterocycles. The molecule has 6 aromatic carbocycles.